The summed E-state index contributed by atoms with van der Waals surface area (Å²) < 4.78 is 13.9. The largest absolute Gasteiger partial charge is 0.342 e. The fourth-order valence-corrected chi connectivity index (χ4v) is 4.02. The number of benzene rings is 1. The van der Waals surface area contributed by atoms with Crippen molar-refractivity contribution >= 4 is 17.2 Å². The predicted octanol–water partition coefficient (Wildman–Crippen LogP) is 4.10. The van der Waals surface area contributed by atoms with E-state index >= 15 is 0 Å². The maximum absolute atomic E-state index is 13.9. The van der Waals surface area contributed by atoms with Crippen LogP contribution < -0.4 is 0 Å². The highest BCUT2D eigenvalue weighted by Crippen LogP contribution is 2.33. The zero-order valence-electron chi connectivity index (χ0n) is 14.0. The van der Waals surface area contributed by atoms with Gasteiger partial charge in [0, 0.05) is 31.0 Å². The fourth-order valence-electron chi connectivity index (χ4n) is 3.03. The molecule has 4 nitrogen and oxygen atoms in total. The number of rotatable bonds is 4. The van der Waals surface area contributed by atoms with Gasteiger partial charge in [0.1, 0.15) is 10.8 Å². The van der Waals surface area contributed by atoms with Gasteiger partial charge in [-0.2, -0.15) is 0 Å². The summed E-state index contributed by atoms with van der Waals surface area (Å²) in [4.78, 5) is 14.2. The molecule has 1 unspecified atom stereocenters. The summed E-state index contributed by atoms with van der Waals surface area (Å²) in [6, 6.07) is 6.62. The minimum atomic E-state index is -0.280. The van der Waals surface area contributed by atoms with Gasteiger partial charge < -0.3 is 4.90 Å². The van der Waals surface area contributed by atoms with Gasteiger partial charge in [-0.25, -0.2) is 4.39 Å². The number of hydrogen-bond acceptors (Lipinski definition) is 4. The number of carbonyl (C=O) groups is 1. The van der Waals surface area contributed by atoms with Crippen molar-refractivity contribution in [3.8, 4) is 10.6 Å². The highest BCUT2D eigenvalue weighted by Gasteiger charge is 2.27. The molecule has 1 fully saturated rings. The summed E-state index contributed by atoms with van der Waals surface area (Å²) in [5.41, 5.74) is 0.491. The molecule has 1 aliphatic rings. The van der Waals surface area contributed by atoms with Crippen LogP contribution in [0.1, 0.15) is 44.0 Å². The van der Waals surface area contributed by atoms with E-state index in [1.54, 1.807) is 18.2 Å². The Morgan fingerprint density at radius 1 is 1.38 bits per heavy atom. The number of halogens is 1. The molecule has 24 heavy (non-hydrogen) atoms. The highest BCUT2D eigenvalue weighted by molar-refractivity contribution is 7.14. The van der Waals surface area contributed by atoms with Crippen LogP contribution in [0.2, 0.25) is 0 Å². The van der Waals surface area contributed by atoms with Gasteiger partial charge in [-0.15, -0.1) is 10.2 Å². The van der Waals surface area contributed by atoms with Crippen molar-refractivity contribution in [3.63, 3.8) is 0 Å². The Balaban J connectivity index is 1.73. The van der Waals surface area contributed by atoms with Gasteiger partial charge in [-0.05, 0) is 30.9 Å². The molecular weight excluding hydrogens is 325 g/mol. The summed E-state index contributed by atoms with van der Waals surface area (Å²) in [5.74, 6) is 0.506. The summed E-state index contributed by atoms with van der Waals surface area (Å²) in [5, 5.41) is 9.95. The first kappa shape index (κ1) is 17.0. The number of hydrogen-bond donors (Lipinski definition) is 0. The van der Waals surface area contributed by atoms with Gasteiger partial charge >= 0.3 is 0 Å². The Kier molecular flexibility index (Phi) is 5.23. The van der Waals surface area contributed by atoms with Crippen LogP contribution in [-0.2, 0) is 4.79 Å². The van der Waals surface area contributed by atoms with Crippen molar-refractivity contribution < 1.29 is 9.18 Å². The van der Waals surface area contributed by atoms with E-state index in [1.165, 1.54) is 17.4 Å². The average Bonchev–Trinajstić information content (AvgIpc) is 3.04. The van der Waals surface area contributed by atoms with E-state index in [-0.39, 0.29) is 17.6 Å². The van der Waals surface area contributed by atoms with Crippen LogP contribution in [0.3, 0.4) is 0 Å². The van der Waals surface area contributed by atoms with E-state index in [0.717, 1.165) is 24.4 Å². The smallest absolute Gasteiger partial charge is 0.222 e. The molecule has 0 radical (unpaired) electrons. The number of amides is 1. The van der Waals surface area contributed by atoms with E-state index in [4.69, 9.17) is 0 Å². The molecule has 0 saturated carbocycles. The molecular formula is C18H22FN3OS. The molecule has 6 heteroatoms. The lowest BCUT2D eigenvalue weighted by Crippen LogP contribution is -2.39. The molecule has 1 aromatic heterocycles. The van der Waals surface area contributed by atoms with Gasteiger partial charge in [-0.1, -0.05) is 37.3 Å². The van der Waals surface area contributed by atoms with Crippen molar-refractivity contribution in [3.05, 3.63) is 35.1 Å². The zero-order valence-corrected chi connectivity index (χ0v) is 14.9. The van der Waals surface area contributed by atoms with Gasteiger partial charge in [0.25, 0.3) is 0 Å². The summed E-state index contributed by atoms with van der Waals surface area (Å²) in [6.45, 7) is 5.63. The minimum absolute atomic E-state index is 0.202. The van der Waals surface area contributed by atoms with Crippen LogP contribution in [0.5, 0.6) is 0 Å². The van der Waals surface area contributed by atoms with Gasteiger partial charge in [0.15, 0.2) is 5.01 Å². The minimum Gasteiger partial charge on any atom is -0.342 e. The lowest BCUT2D eigenvalue weighted by molar-refractivity contribution is -0.133. The van der Waals surface area contributed by atoms with Gasteiger partial charge in [0.2, 0.25) is 5.91 Å². The Labute approximate surface area is 145 Å². The molecule has 1 aromatic carbocycles. The van der Waals surface area contributed by atoms with Crippen LogP contribution in [0.4, 0.5) is 4.39 Å². The summed E-state index contributed by atoms with van der Waals surface area (Å²) >= 11 is 1.43. The molecule has 128 valence electrons. The summed E-state index contributed by atoms with van der Waals surface area (Å²) in [7, 11) is 0. The number of nitrogens with zero attached hydrogens (tertiary/aromatic N) is 3. The van der Waals surface area contributed by atoms with Crippen LogP contribution in [-0.4, -0.2) is 34.1 Å². The molecule has 0 N–H and O–H groups in total. The quantitative estimate of drug-likeness (QED) is 0.836. The first-order valence-corrected chi connectivity index (χ1v) is 9.22. The second-order valence-electron chi connectivity index (χ2n) is 6.70. The van der Waals surface area contributed by atoms with Gasteiger partial charge in [0.05, 0.1) is 0 Å². The van der Waals surface area contributed by atoms with E-state index < -0.39 is 0 Å². The average molecular weight is 347 g/mol. The van der Waals surface area contributed by atoms with Crippen LogP contribution >= 0.6 is 11.3 Å². The summed E-state index contributed by atoms with van der Waals surface area (Å²) in [6.07, 6.45) is 2.56. The van der Waals surface area contributed by atoms with E-state index in [1.807, 2.05) is 4.90 Å². The number of piperidine rings is 1. The van der Waals surface area contributed by atoms with Crippen molar-refractivity contribution in [1.82, 2.24) is 15.1 Å². The Hall–Kier alpha value is -1.82. The van der Waals surface area contributed by atoms with Crippen molar-refractivity contribution in [2.75, 3.05) is 13.1 Å². The number of aromatic nitrogens is 2. The number of carbonyl (C=O) groups excluding carboxylic acids is 1. The molecule has 1 atom stereocenters. The third-order valence-electron chi connectivity index (χ3n) is 4.25. The van der Waals surface area contributed by atoms with Crippen molar-refractivity contribution in [1.29, 1.82) is 0 Å². The Morgan fingerprint density at radius 3 is 2.92 bits per heavy atom. The van der Waals surface area contributed by atoms with E-state index in [0.29, 0.717) is 29.5 Å². The highest BCUT2D eigenvalue weighted by atomic mass is 32.1. The Morgan fingerprint density at radius 2 is 2.17 bits per heavy atom. The molecule has 0 aliphatic carbocycles. The molecule has 1 saturated heterocycles. The maximum Gasteiger partial charge on any atom is 0.222 e. The van der Waals surface area contributed by atoms with Crippen molar-refractivity contribution in [2.24, 2.45) is 5.92 Å². The first-order chi connectivity index (χ1) is 11.5. The van der Waals surface area contributed by atoms with Crippen LogP contribution in [0, 0.1) is 11.7 Å². The number of likely N-dealkylation sites (tertiary alicyclic amines) is 1. The molecule has 2 heterocycles. The zero-order chi connectivity index (χ0) is 17.1. The molecule has 1 aliphatic heterocycles. The second-order valence-corrected chi connectivity index (χ2v) is 7.71. The Bertz CT molecular complexity index is 716. The van der Waals surface area contributed by atoms with Crippen molar-refractivity contribution in [2.45, 2.75) is 39.0 Å². The predicted molar refractivity (Wildman–Crippen MR) is 93.3 cm³/mol. The normalized spacial score (nSPS) is 18.2. The topological polar surface area (TPSA) is 46.1 Å². The third-order valence-corrected chi connectivity index (χ3v) is 5.37. The standard InChI is InChI=1S/C18H22FN3OS/c1-12(2)10-16(23)22-9-5-6-13(11-22)17-20-21-18(24-17)14-7-3-4-8-15(14)19/h3-4,7-8,12-13H,5-6,9-11H2,1-2H3. The maximum atomic E-state index is 13.9. The fraction of sp³-hybridized carbons (Fsp3) is 0.500. The molecule has 0 spiro atoms. The monoisotopic (exact) mass is 347 g/mol. The lowest BCUT2D eigenvalue weighted by atomic mass is 9.98. The van der Waals surface area contributed by atoms with Gasteiger partial charge in [-0.3, -0.25) is 4.79 Å². The molecule has 0 bridgehead atoms. The first-order valence-electron chi connectivity index (χ1n) is 8.40. The molecule has 2 aromatic rings. The molecule has 1 amide bonds. The molecule has 3 rings (SSSR count). The lowest BCUT2D eigenvalue weighted by Gasteiger charge is -2.32. The van der Waals surface area contributed by atoms with Crippen LogP contribution in [0.25, 0.3) is 10.6 Å². The van der Waals surface area contributed by atoms with Crippen LogP contribution in [0.15, 0.2) is 24.3 Å². The van der Waals surface area contributed by atoms with E-state index in [9.17, 15) is 9.18 Å². The SMILES string of the molecule is CC(C)CC(=O)N1CCCC(c2nnc(-c3ccccc3F)s2)C1. The van der Waals surface area contributed by atoms with E-state index in [2.05, 4.69) is 24.0 Å². The third kappa shape index (κ3) is 3.80. The second kappa shape index (κ2) is 7.38.